The van der Waals surface area contributed by atoms with Crippen LogP contribution in [0.1, 0.15) is 16.2 Å². The van der Waals surface area contributed by atoms with Crippen LogP contribution in [0.25, 0.3) is 5.65 Å². The molecule has 16 heavy (non-hydrogen) atoms. The van der Waals surface area contributed by atoms with E-state index in [2.05, 4.69) is 11.6 Å². The predicted molar refractivity (Wildman–Crippen MR) is 60.4 cm³/mol. The van der Waals surface area contributed by atoms with E-state index in [0.717, 1.165) is 5.65 Å². The molecule has 0 atom stereocenters. The topological polar surface area (TPSA) is 43.6 Å². The van der Waals surface area contributed by atoms with Crippen LogP contribution in [0.2, 0.25) is 0 Å². The number of ether oxygens (including phenoxy) is 1. The van der Waals surface area contributed by atoms with Crippen molar-refractivity contribution in [3.63, 3.8) is 0 Å². The first kappa shape index (κ1) is 10.4. The predicted octanol–water partition coefficient (Wildman–Crippen LogP) is 1.99. The van der Waals surface area contributed by atoms with Crippen LogP contribution in [-0.4, -0.2) is 22.0 Å². The molecule has 2 heterocycles. The van der Waals surface area contributed by atoms with Crippen molar-refractivity contribution < 1.29 is 9.53 Å². The Morgan fingerprint density at radius 2 is 2.44 bits per heavy atom. The maximum Gasteiger partial charge on any atom is 0.357 e. The number of aromatic nitrogens is 2. The number of nitrogens with zero attached hydrogens (tertiary/aromatic N) is 2. The van der Waals surface area contributed by atoms with Crippen LogP contribution in [0.4, 0.5) is 0 Å². The molecule has 0 aliphatic carbocycles. The fourth-order valence-electron chi connectivity index (χ4n) is 1.56. The highest BCUT2D eigenvalue weighted by Gasteiger charge is 2.16. The average molecular weight is 216 g/mol. The Kier molecular flexibility index (Phi) is 2.72. The molecular weight excluding hydrogens is 204 g/mol. The number of hydrogen-bond acceptors (Lipinski definition) is 3. The summed E-state index contributed by atoms with van der Waals surface area (Å²) in [5.41, 5.74) is 1.88. The molecule has 2 aromatic heterocycles. The monoisotopic (exact) mass is 216 g/mol. The molecule has 2 rings (SSSR count). The fourth-order valence-corrected chi connectivity index (χ4v) is 1.56. The van der Waals surface area contributed by atoms with Crippen molar-refractivity contribution >= 4 is 11.6 Å². The quantitative estimate of drug-likeness (QED) is 0.582. The molecule has 0 saturated heterocycles. The first-order valence-corrected chi connectivity index (χ1v) is 4.95. The van der Waals surface area contributed by atoms with Crippen LogP contribution in [0.15, 0.2) is 37.1 Å². The van der Waals surface area contributed by atoms with Gasteiger partial charge in [-0.3, -0.25) is 4.40 Å². The average Bonchev–Trinajstić information content (AvgIpc) is 2.62. The SMILES string of the molecule is C=CCOC(=O)c1c(C)nc2ccccn12. The molecule has 0 bridgehead atoms. The molecule has 0 aliphatic heterocycles. The molecule has 0 spiro atoms. The second-order valence-electron chi connectivity index (χ2n) is 3.36. The van der Waals surface area contributed by atoms with Crippen LogP contribution in [0, 0.1) is 6.92 Å². The first-order valence-electron chi connectivity index (χ1n) is 4.95. The number of pyridine rings is 1. The van der Waals surface area contributed by atoms with Crippen LogP contribution in [-0.2, 0) is 4.74 Å². The van der Waals surface area contributed by atoms with E-state index in [-0.39, 0.29) is 12.6 Å². The van der Waals surface area contributed by atoms with E-state index >= 15 is 0 Å². The summed E-state index contributed by atoms with van der Waals surface area (Å²) in [7, 11) is 0. The molecule has 0 N–H and O–H groups in total. The van der Waals surface area contributed by atoms with E-state index in [1.165, 1.54) is 6.08 Å². The molecule has 0 aromatic carbocycles. The maximum absolute atomic E-state index is 11.8. The van der Waals surface area contributed by atoms with Gasteiger partial charge < -0.3 is 4.74 Å². The third kappa shape index (κ3) is 1.69. The van der Waals surface area contributed by atoms with Gasteiger partial charge >= 0.3 is 5.97 Å². The lowest BCUT2D eigenvalue weighted by atomic mass is 10.3. The smallest absolute Gasteiger partial charge is 0.357 e. The number of hydrogen-bond donors (Lipinski definition) is 0. The molecule has 4 nitrogen and oxygen atoms in total. The van der Waals surface area contributed by atoms with Gasteiger partial charge in [0.1, 0.15) is 12.3 Å². The summed E-state index contributed by atoms with van der Waals surface area (Å²) in [6, 6.07) is 5.57. The highest BCUT2D eigenvalue weighted by atomic mass is 16.5. The Morgan fingerprint density at radius 3 is 3.19 bits per heavy atom. The minimum absolute atomic E-state index is 0.207. The van der Waals surface area contributed by atoms with E-state index in [4.69, 9.17) is 4.74 Å². The molecule has 0 amide bonds. The minimum atomic E-state index is -0.379. The highest BCUT2D eigenvalue weighted by molar-refractivity contribution is 5.90. The Labute approximate surface area is 93.2 Å². The Balaban J connectivity index is 2.46. The van der Waals surface area contributed by atoms with E-state index in [1.807, 2.05) is 18.2 Å². The zero-order valence-electron chi connectivity index (χ0n) is 9.01. The van der Waals surface area contributed by atoms with Gasteiger partial charge in [-0.15, -0.1) is 0 Å². The van der Waals surface area contributed by atoms with Crippen molar-refractivity contribution in [2.24, 2.45) is 0 Å². The zero-order valence-corrected chi connectivity index (χ0v) is 9.01. The maximum atomic E-state index is 11.8. The minimum Gasteiger partial charge on any atom is -0.457 e. The van der Waals surface area contributed by atoms with Gasteiger partial charge in [0.25, 0.3) is 0 Å². The summed E-state index contributed by atoms with van der Waals surface area (Å²) in [4.78, 5) is 16.0. The van der Waals surface area contributed by atoms with Crippen LogP contribution >= 0.6 is 0 Å². The molecule has 0 unspecified atom stereocenters. The fraction of sp³-hybridized carbons (Fsp3) is 0.167. The molecule has 0 radical (unpaired) electrons. The number of carbonyl (C=O) groups excluding carboxylic acids is 1. The molecule has 2 aromatic rings. The highest BCUT2D eigenvalue weighted by Crippen LogP contribution is 2.12. The number of imidazole rings is 1. The summed E-state index contributed by atoms with van der Waals surface area (Å²) in [5, 5.41) is 0. The van der Waals surface area contributed by atoms with Crippen molar-refractivity contribution in [1.29, 1.82) is 0 Å². The number of esters is 1. The normalized spacial score (nSPS) is 10.3. The van der Waals surface area contributed by atoms with Crippen molar-refractivity contribution in [3.05, 3.63) is 48.4 Å². The standard InChI is InChI=1S/C12H12N2O2/c1-3-8-16-12(15)11-9(2)13-10-6-4-5-7-14(10)11/h3-7H,1,8H2,2H3. The third-order valence-electron chi connectivity index (χ3n) is 2.23. The first-order chi connectivity index (χ1) is 7.74. The van der Waals surface area contributed by atoms with Crippen LogP contribution in [0.3, 0.4) is 0 Å². The van der Waals surface area contributed by atoms with Crippen LogP contribution < -0.4 is 0 Å². The van der Waals surface area contributed by atoms with Gasteiger partial charge in [-0.1, -0.05) is 18.7 Å². The summed E-state index contributed by atoms with van der Waals surface area (Å²) in [6.45, 7) is 5.49. The summed E-state index contributed by atoms with van der Waals surface area (Å²) < 4.78 is 6.73. The molecule has 0 fully saturated rings. The van der Waals surface area contributed by atoms with Crippen molar-refractivity contribution in [2.75, 3.05) is 6.61 Å². The van der Waals surface area contributed by atoms with Gasteiger partial charge in [0.15, 0.2) is 5.69 Å². The number of rotatable bonds is 3. The second kappa shape index (κ2) is 4.18. The lowest BCUT2D eigenvalue weighted by Crippen LogP contribution is -2.09. The third-order valence-corrected chi connectivity index (χ3v) is 2.23. The lowest BCUT2D eigenvalue weighted by Gasteiger charge is -2.02. The zero-order chi connectivity index (χ0) is 11.5. The summed E-state index contributed by atoms with van der Waals surface area (Å²) >= 11 is 0. The Morgan fingerprint density at radius 1 is 1.62 bits per heavy atom. The van der Waals surface area contributed by atoms with Gasteiger partial charge in [-0.25, -0.2) is 9.78 Å². The number of fused-ring (bicyclic) bond motifs is 1. The van der Waals surface area contributed by atoms with Gasteiger partial charge in [0, 0.05) is 6.20 Å². The molecular formula is C12H12N2O2. The summed E-state index contributed by atoms with van der Waals surface area (Å²) in [6.07, 6.45) is 3.33. The van der Waals surface area contributed by atoms with Gasteiger partial charge in [0.05, 0.1) is 5.69 Å². The summed E-state index contributed by atoms with van der Waals surface area (Å²) in [5.74, 6) is -0.379. The van der Waals surface area contributed by atoms with Crippen molar-refractivity contribution in [2.45, 2.75) is 6.92 Å². The van der Waals surface area contributed by atoms with E-state index in [1.54, 1.807) is 17.5 Å². The second-order valence-corrected chi connectivity index (χ2v) is 3.36. The van der Waals surface area contributed by atoms with Crippen molar-refractivity contribution in [3.8, 4) is 0 Å². The Hall–Kier alpha value is -2.10. The number of carbonyl (C=O) groups is 1. The molecule has 4 heteroatoms. The number of aryl methyl sites for hydroxylation is 1. The molecule has 0 saturated carbocycles. The molecule has 82 valence electrons. The van der Waals surface area contributed by atoms with Crippen LogP contribution in [0.5, 0.6) is 0 Å². The van der Waals surface area contributed by atoms with Gasteiger partial charge in [-0.05, 0) is 19.1 Å². The molecule has 0 aliphatic rings. The van der Waals surface area contributed by atoms with E-state index < -0.39 is 0 Å². The van der Waals surface area contributed by atoms with Crippen molar-refractivity contribution in [1.82, 2.24) is 9.38 Å². The van der Waals surface area contributed by atoms with Gasteiger partial charge in [0.2, 0.25) is 0 Å². The van der Waals surface area contributed by atoms with E-state index in [0.29, 0.717) is 11.4 Å². The van der Waals surface area contributed by atoms with Gasteiger partial charge in [-0.2, -0.15) is 0 Å². The van der Waals surface area contributed by atoms with E-state index in [9.17, 15) is 4.79 Å². The largest absolute Gasteiger partial charge is 0.457 e. The lowest BCUT2D eigenvalue weighted by molar-refractivity contribution is 0.0541. The Bertz CT molecular complexity index is 543.